The normalized spacial score (nSPS) is 12.1. The standard InChI is InChI=1S/C85H66N4/c1-57-27-41-67(42-28-57)88(68-43-29-58(2)30-44-68)71-49-35-63(36-50-71)85(64-37-51-72(52-38-64)89(69-45-31-59(3)32-46-69)70-47-33-60(4)34-48-70)81-55-65(86-83-25-11-9-21-79(83)75-23-13-17-61-15-5-7-19-73(61)75)39-53-77(81)78-54-40-66(56-82(78)85)87-84-26-12-10-22-80(84)76-24-14-18-62-16-6-8-20-74(62)76/h5-56,86-87H,1-4H3. The number of rotatable bonds is 14. The predicted molar refractivity (Wildman–Crippen MR) is 377 cm³/mol. The lowest BCUT2D eigenvalue weighted by atomic mass is 9.67. The summed E-state index contributed by atoms with van der Waals surface area (Å²) in [5.41, 5.74) is 26.4. The Hall–Kier alpha value is -11.2. The molecule has 0 spiro atoms. The van der Waals surface area contributed by atoms with Crippen LogP contribution in [0.4, 0.5) is 56.9 Å². The van der Waals surface area contributed by atoms with Crippen LogP contribution in [0.25, 0.3) is 54.9 Å². The quantitative estimate of drug-likeness (QED) is 0.114. The average molecular weight is 1140 g/mol. The molecule has 0 amide bonds. The van der Waals surface area contributed by atoms with Gasteiger partial charge in [0.1, 0.15) is 0 Å². The molecule has 0 bridgehead atoms. The summed E-state index contributed by atoms with van der Waals surface area (Å²) >= 11 is 0. The van der Waals surface area contributed by atoms with E-state index >= 15 is 0 Å². The van der Waals surface area contributed by atoms with Crippen molar-refractivity contribution in [1.82, 2.24) is 0 Å². The van der Waals surface area contributed by atoms with Crippen LogP contribution in [0.5, 0.6) is 0 Å². The summed E-state index contributed by atoms with van der Waals surface area (Å²) in [5.74, 6) is 0. The molecule has 89 heavy (non-hydrogen) atoms. The second-order valence-electron chi connectivity index (χ2n) is 23.8. The molecular weight excluding hydrogens is 1080 g/mol. The third-order valence-electron chi connectivity index (χ3n) is 18.0. The van der Waals surface area contributed by atoms with Crippen molar-refractivity contribution in [2.24, 2.45) is 0 Å². The highest BCUT2D eigenvalue weighted by Crippen LogP contribution is 2.58. The van der Waals surface area contributed by atoms with Crippen LogP contribution in [0.3, 0.4) is 0 Å². The summed E-state index contributed by atoms with van der Waals surface area (Å²) < 4.78 is 0. The molecular formula is C85H66N4. The summed E-state index contributed by atoms with van der Waals surface area (Å²) in [6, 6.07) is 116. The zero-order valence-corrected chi connectivity index (χ0v) is 50.4. The van der Waals surface area contributed by atoms with Crippen molar-refractivity contribution in [2.75, 3.05) is 20.4 Å². The van der Waals surface area contributed by atoms with E-state index in [0.717, 1.165) is 79.1 Å². The van der Waals surface area contributed by atoms with Gasteiger partial charge in [-0.05, 0) is 203 Å². The number of aryl methyl sites for hydroxylation is 4. The van der Waals surface area contributed by atoms with Gasteiger partial charge in [-0.25, -0.2) is 0 Å². The third kappa shape index (κ3) is 10.0. The smallest absolute Gasteiger partial charge is 0.0715 e. The number of nitrogens with one attached hydrogen (secondary N) is 2. The monoisotopic (exact) mass is 1140 g/mol. The Balaban J connectivity index is 0.949. The first-order valence-corrected chi connectivity index (χ1v) is 30.8. The van der Waals surface area contributed by atoms with E-state index in [-0.39, 0.29) is 0 Å². The van der Waals surface area contributed by atoms with Crippen LogP contribution in [-0.2, 0) is 5.41 Å². The van der Waals surface area contributed by atoms with Crippen LogP contribution in [0.1, 0.15) is 44.5 Å². The molecule has 0 fully saturated rings. The second kappa shape index (κ2) is 22.9. The highest BCUT2D eigenvalue weighted by atomic mass is 15.1. The topological polar surface area (TPSA) is 30.5 Å². The van der Waals surface area contributed by atoms with Crippen molar-refractivity contribution in [2.45, 2.75) is 33.1 Å². The molecule has 0 atom stereocenters. The fourth-order valence-corrected chi connectivity index (χ4v) is 13.5. The molecule has 1 aliphatic carbocycles. The summed E-state index contributed by atoms with van der Waals surface area (Å²) in [5, 5.41) is 12.9. The van der Waals surface area contributed by atoms with Gasteiger partial charge in [-0.1, -0.05) is 229 Å². The van der Waals surface area contributed by atoms with Crippen LogP contribution < -0.4 is 20.4 Å². The van der Waals surface area contributed by atoms with Crippen LogP contribution in [0.2, 0.25) is 0 Å². The molecule has 15 rings (SSSR count). The minimum absolute atomic E-state index is 0.835. The number of hydrogen-bond donors (Lipinski definition) is 2. The molecule has 4 nitrogen and oxygen atoms in total. The Morgan fingerprint density at radius 1 is 0.247 bits per heavy atom. The van der Waals surface area contributed by atoms with Gasteiger partial charge in [0, 0.05) is 68.0 Å². The Morgan fingerprint density at radius 3 is 0.899 bits per heavy atom. The van der Waals surface area contributed by atoms with E-state index in [0.29, 0.717) is 0 Å². The largest absolute Gasteiger partial charge is 0.355 e. The molecule has 0 aromatic heterocycles. The lowest BCUT2D eigenvalue weighted by molar-refractivity contribution is 0.769. The van der Waals surface area contributed by atoms with Gasteiger partial charge in [0.15, 0.2) is 0 Å². The molecule has 0 saturated carbocycles. The van der Waals surface area contributed by atoms with Crippen molar-refractivity contribution >= 4 is 78.4 Å². The fourth-order valence-electron chi connectivity index (χ4n) is 13.5. The van der Waals surface area contributed by atoms with Crippen LogP contribution in [0, 0.1) is 27.7 Å². The lowest BCUT2D eigenvalue weighted by Gasteiger charge is -2.35. The minimum atomic E-state index is -0.835. The Morgan fingerprint density at radius 2 is 0.539 bits per heavy atom. The molecule has 0 heterocycles. The van der Waals surface area contributed by atoms with E-state index in [4.69, 9.17) is 0 Å². The molecule has 4 heteroatoms. The van der Waals surface area contributed by atoms with E-state index < -0.39 is 5.41 Å². The van der Waals surface area contributed by atoms with E-state index in [1.807, 2.05) is 0 Å². The summed E-state index contributed by atoms with van der Waals surface area (Å²) in [4.78, 5) is 4.74. The van der Waals surface area contributed by atoms with E-state index in [9.17, 15) is 0 Å². The summed E-state index contributed by atoms with van der Waals surface area (Å²) in [6.07, 6.45) is 0. The zero-order valence-electron chi connectivity index (χ0n) is 50.4. The number of anilines is 10. The number of hydrogen-bond acceptors (Lipinski definition) is 4. The second-order valence-corrected chi connectivity index (χ2v) is 23.8. The molecule has 14 aromatic rings. The van der Waals surface area contributed by atoms with Crippen molar-refractivity contribution in [1.29, 1.82) is 0 Å². The summed E-state index contributed by atoms with van der Waals surface area (Å²) in [6.45, 7) is 8.60. The molecule has 0 saturated heterocycles. The Bertz CT molecular complexity index is 4500. The van der Waals surface area contributed by atoms with Gasteiger partial charge in [-0.3, -0.25) is 0 Å². The van der Waals surface area contributed by atoms with Gasteiger partial charge < -0.3 is 20.4 Å². The fraction of sp³-hybridized carbons (Fsp3) is 0.0588. The van der Waals surface area contributed by atoms with Crippen molar-refractivity contribution in [3.63, 3.8) is 0 Å². The number of fused-ring (bicyclic) bond motifs is 5. The molecule has 0 radical (unpaired) electrons. The number of para-hydroxylation sites is 2. The maximum absolute atomic E-state index is 4.02. The molecule has 2 N–H and O–H groups in total. The van der Waals surface area contributed by atoms with Crippen LogP contribution >= 0.6 is 0 Å². The SMILES string of the molecule is Cc1ccc(N(c2ccc(C)cc2)c2ccc(C3(c4ccc(N(c5ccc(C)cc5)c5ccc(C)cc5)cc4)c4cc(Nc5ccccc5-c5cccc6ccccc56)ccc4-c4ccc(Nc5ccccc5-c5cccc6ccccc56)cc43)cc2)cc1. The number of benzene rings is 14. The van der Waals surface area contributed by atoms with Gasteiger partial charge in [-0.15, -0.1) is 0 Å². The maximum atomic E-state index is 4.02. The first-order valence-electron chi connectivity index (χ1n) is 30.8. The third-order valence-corrected chi connectivity index (χ3v) is 18.0. The molecule has 426 valence electrons. The average Bonchev–Trinajstić information content (AvgIpc) is 1.56. The predicted octanol–water partition coefficient (Wildman–Crippen LogP) is 23.4. The van der Waals surface area contributed by atoms with Crippen LogP contribution in [0.15, 0.2) is 315 Å². The number of nitrogens with zero attached hydrogens (tertiary/aromatic N) is 2. The minimum Gasteiger partial charge on any atom is -0.355 e. The Kier molecular flexibility index (Phi) is 14.0. The van der Waals surface area contributed by atoms with Gasteiger partial charge >= 0.3 is 0 Å². The first-order chi connectivity index (χ1) is 43.7. The van der Waals surface area contributed by atoms with Crippen LogP contribution in [-0.4, -0.2) is 0 Å². The van der Waals surface area contributed by atoms with Crippen molar-refractivity contribution in [3.05, 3.63) is 360 Å². The molecule has 0 aliphatic heterocycles. The van der Waals surface area contributed by atoms with Gasteiger partial charge in [0.25, 0.3) is 0 Å². The molecule has 14 aromatic carbocycles. The molecule has 1 aliphatic rings. The Labute approximate surface area is 522 Å². The maximum Gasteiger partial charge on any atom is 0.0715 e. The highest BCUT2D eigenvalue weighted by Gasteiger charge is 2.47. The zero-order chi connectivity index (χ0) is 60.0. The van der Waals surface area contributed by atoms with Crippen molar-refractivity contribution < 1.29 is 0 Å². The van der Waals surface area contributed by atoms with E-state index in [1.165, 1.54) is 77.2 Å². The van der Waals surface area contributed by atoms with E-state index in [2.05, 4.69) is 364 Å². The molecule has 0 unspecified atom stereocenters. The first kappa shape index (κ1) is 54.5. The lowest BCUT2D eigenvalue weighted by Crippen LogP contribution is -2.29. The van der Waals surface area contributed by atoms with Gasteiger partial charge in [0.05, 0.1) is 5.41 Å². The van der Waals surface area contributed by atoms with Gasteiger partial charge in [0.2, 0.25) is 0 Å². The van der Waals surface area contributed by atoms with Crippen molar-refractivity contribution in [3.8, 4) is 33.4 Å². The van der Waals surface area contributed by atoms with Gasteiger partial charge in [-0.2, -0.15) is 0 Å². The van der Waals surface area contributed by atoms with E-state index in [1.54, 1.807) is 0 Å². The summed E-state index contributed by atoms with van der Waals surface area (Å²) in [7, 11) is 0. The highest BCUT2D eigenvalue weighted by molar-refractivity contribution is 6.02.